The molecule has 0 aliphatic carbocycles. The molecule has 0 spiro atoms. The normalized spacial score (nSPS) is 30.0. The van der Waals surface area contributed by atoms with E-state index in [9.17, 15) is 19.2 Å². The first kappa shape index (κ1) is 22.6. The van der Waals surface area contributed by atoms with Crippen LogP contribution in [0.5, 0.6) is 0 Å². The quantitative estimate of drug-likeness (QED) is 0.529. The van der Waals surface area contributed by atoms with Gasteiger partial charge in [-0.2, -0.15) is 0 Å². The molecule has 0 radical (unpaired) electrons. The molecule has 178 valence electrons. The highest BCUT2D eigenvalue weighted by atomic mass is 16.6. The SMILES string of the molecule is CCOC(=O)C12N3CN(C(C)C)CN1C(=O)N1CN(C(C)C)CN(C3=O)C12C(=O)OCC. The van der Waals surface area contributed by atoms with Crippen LogP contribution in [0.4, 0.5) is 9.59 Å². The fraction of sp³-hybridized carbons (Fsp3) is 0.800. The van der Waals surface area contributed by atoms with E-state index in [1.807, 2.05) is 37.5 Å². The summed E-state index contributed by atoms with van der Waals surface area (Å²) in [7, 11) is 0. The molecule has 0 saturated carbocycles. The van der Waals surface area contributed by atoms with Crippen molar-refractivity contribution in [3.05, 3.63) is 0 Å². The Morgan fingerprint density at radius 3 is 1.22 bits per heavy atom. The van der Waals surface area contributed by atoms with Crippen molar-refractivity contribution in [1.82, 2.24) is 29.4 Å². The summed E-state index contributed by atoms with van der Waals surface area (Å²) in [6, 6.07) is -1.04. The largest absolute Gasteiger partial charge is 0.463 e. The summed E-state index contributed by atoms with van der Waals surface area (Å²) < 4.78 is 10.9. The maximum absolute atomic E-state index is 13.8. The van der Waals surface area contributed by atoms with Crippen molar-refractivity contribution in [2.75, 3.05) is 39.9 Å². The molecule has 12 heteroatoms. The van der Waals surface area contributed by atoms with Gasteiger partial charge in [0.05, 0.1) is 39.9 Å². The Kier molecular flexibility index (Phi) is 5.28. The van der Waals surface area contributed by atoms with Gasteiger partial charge in [0.15, 0.2) is 0 Å². The first-order valence-corrected chi connectivity index (χ1v) is 11.1. The van der Waals surface area contributed by atoms with Crippen molar-refractivity contribution in [3.8, 4) is 0 Å². The Bertz CT molecular complexity index is 746. The first-order valence-electron chi connectivity index (χ1n) is 11.1. The molecule has 4 rings (SSSR count). The third-order valence-electron chi connectivity index (χ3n) is 6.85. The second kappa shape index (κ2) is 7.48. The smallest absolute Gasteiger partial charge is 0.359 e. The molecule has 12 nitrogen and oxygen atoms in total. The average Bonchev–Trinajstić information content (AvgIpc) is 3.13. The van der Waals surface area contributed by atoms with Crippen LogP contribution in [0.2, 0.25) is 0 Å². The lowest BCUT2D eigenvalue weighted by Crippen LogP contribution is -2.81. The van der Waals surface area contributed by atoms with Crippen molar-refractivity contribution >= 4 is 24.0 Å². The number of amides is 4. The van der Waals surface area contributed by atoms with E-state index in [2.05, 4.69) is 0 Å². The second-order valence-electron chi connectivity index (χ2n) is 8.99. The van der Waals surface area contributed by atoms with Gasteiger partial charge in [0.2, 0.25) is 0 Å². The van der Waals surface area contributed by atoms with E-state index in [1.165, 1.54) is 19.6 Å². The lowest BCUT2D eigenvalue weighted by molar-refractivity contribution is -0.210. The summed E-state index contributed by atoms with van der Waals surface area (Å²) in [5, 5.41) is 0. The van der Waals surface area contributed by atoms with E-state index in [1.54, 1.807) is 13.8 Å². The van der Waals surface area contributed by atoms with Crippen LogP contribution in [0.25, 0.3) is 0 Å². The minimum Gasteiger partial charge on any atom is -0.463 e. The molecule has 4 amide bonds. The van der Waals surface area contributed by atoms with Gasteiger partial charge in [0.25, 0.3) is 11.3 Å². The molecule has 4 aliphatic rings. The number of esters is 2. The summed E-state index contributed by atoms with van der Waals surface area (Å²) in [4.78, 5) is 64.1. The van der Waals surface area contributed by atoms with Crippen molar-refractivity contribution in [3.63, 3.8) is 0 Å². The molecule has 4 aliphatic heterocycles. The Hall–Kier alpha value is -2.60. The van der Waals surface area contributed by atoms with Crippen LogP contribution in [0, 0.1) is 0 Å². The zero-order chi connectivity index (χ0) is 23.6. The standard InChI is InChI=1S/C20H32N6O6/c1-7-31-15(27)19-20(16(28)32-8-2)25-11-22(14(5)6)12-26(20)18(30)24(19)10-21(13(3)4)9-23(19)17(25)29/h13-14H,7-12H2,1-6H3. The van der Waals surface area contributed by atoms with Gasteiger partial charge in [-0.25, -0.2) is 19.2 Å². The van der Waals surface area contributed by atoms with Crippen LogP contribution in [0.3, 0.4) is 0 Å². The average molecular weight is 453 g/mol. The maximum Gasteiger partial charge on any atom is 0.359 e. The summed E-state index contributed by atoms with van der Waals surface area (Å²) in [5.74, 6) is -1.61. The molecule has 0 N–H and O–H groups in total. The number of carbonyl (C=O) groups is 4. The van der Waals surface area contributed by atoms with Gasteiger partial charge in [-0.3, -0.25) is 29.4 Å². The molecule has 0 unspecified atom stereocenters. The molecule has 4 saturated heterocycles. The van der Waals surface area contributed by atoms with Gasteiger partial charge >= 0.3 is 24.0 Å². The molecule has 4 heterocycles. The first-order chi connectivity index (χ1) is 15.1. The van der Waals surface area contributed by atoms with Crippen LogP contribution in [-0.2, 0) is 19.1 Å². The number of hydrogen-bond donors (Lipinski definition) is 0. The molecule has 0 bridgehead atoms. The van der Waals surface area contributed by atoms with Crippen LogP contribution in [-0.4, -0.2) is 117 Å². The highest BCUT2D eigenvalue weighted by molar-refractivity contribution is 6.09. The van der Waals surface area contributed by atoms with Crippen molar-refractivity contribution in [1.29, 1.82) is 0 Å². The number of rotatable bonds is 6. The van der Waals surface area contributed by atoms with Crippen LogP contribution >= 0.6 is 0 Å². The second-order valence-corrected chi connectivity index (χ2v) is 8.99. The van der Waals surface area contributed by atoms with Gasteiger partial charge in [-0.05, 0) is 41.5 Å². The Labute approximate surface area is 187 Å². The number of hydrogen-bond acceptors (Lipinski definition) is 8. The topological polar surface area (TPSA) is 106 Å². The fourth-order valence-electron chi connectivity index (χ4n) is 5.20. The van der Waals surface area contributed by atoms with E-state index in [0.29, 0.717) is 0 Å². The number of nitrogens with zero attached hydrogens (tertiary/aromatic N) is 6. The minimum atomic E-state index is -1.96. The van der Waals surface area contributed by atoms with Crippen LogP contribution in [0.15, 0.2) is 0 Å². The highest BCUT2D eigenvalue weighted by Gasteiger charge is 2.89. The molecular weight excluding hydrogens is 420 g/mol. The van der Waals surface area contributed by atoms with Gasteiger partial charge in [0.1, 0.15) is 0 Å². The van der Waals surface area contributed by atoms with Crippen LogP contribution in [0.1, 0.15) is 41.5 Å². The van der Waals surface area contributed by atoms with E-state index in [0.717, 1.165) is 0 Å². The monoisotopic (exact) mass is 452 g/mol. The molecule has 0 aromatic rings. The fourth-order valence-corrected chi connectivity index (χ4v) is 5.20. The van der Waals surface area contributed by atoms with Crippen molar-refractivity contribution in [2.45, 2.75) is 65.0 Å². The van der Waals surface area contributed by atoms with E-state index < -0.39 is 35.3 Å². The number of urea groups is 2. The minimum absolute atomic E-state index is 0.00834. The maximum atomic E-state index is 13.8. The van der Waals surface area contributed by atoms with Gasteiger partial charge in [-0.1, -0.05) is 0 Å². The van der Waals surface area contributed by atoms with Crippen molar-refractivity contribution < 1.29 is 28.7 Å². The summed E-state index contributed by atoms with van der Waals surface area (Å²) in [5.41, 5.74) is -3.92. The molecular formula is C20H32N6O6. The summed E-state index contributed by atoms with van der Waals surface area (Å²) in [6.45, 7) is 11.5. The van der Waals surface area contributed by atoms with E-state index in [-0.39, 0.29) is 52.0 Å². The van der Waals surface area contributed by atoms with Gasteiger partial charge in [-0.15, -0.1) is 0 Å². The molecule has 4 fully saturated rings. The predicted octanol–water partition coefficient (Wildman–Crippen LogP) is 0.258. The Morgan fingerprint density at radius 1 is 0.719 bits per heavy atom. The summed E-state index contributed by atoms with van der Waals surface area (Å²) >= 11 is 0. The van der Waals surface area contributed by atoms with Gasteiger partial charge < -0.3 is 9.47 Å². The zero-order valence-corrected chi connectivity index (χ0v) is 19.5. The summed E-state index contributed by atoms with van der Waals surface area (Å²) in [6.07, 6.45) is 0. The number of ether oxygens (including phenoxy) is 2. The Balaban J connectivity index is 2.00. The third kappa shape index (κ3) is 2.44. The lowest BCUT2D eigenvalue weighted by atomic mass is 9.89. The third-order valence-corrected chi connectivity index (χ3v) is 6.85. The van der Waals surface area contributed by atoms with Gasteiger partial charge in [0, 0.05) is 12.1 Å². The molecule has 0 aromatic carbocycles. The Morgan fingerprint density at radius 2 is 1.00 bits per heavy atom. The van der Waals surface area contributed by atoms with E-state index in [4.69, 9.17) is 9.47 Å². The van der Waals surface area contributed by atoms with Crippen molar-refractivity contribution in [2.24, 2.45) is 0 Å². The molecule has 32 heavy (non-hydrogen) atoms. The zero-order valence-electron chi connectivity index (χ0n) is 19.5. The highest BCUT2D eigenvalue weighted by Crippen LogP contribution is 2.56. The lowest BCUT2D eigenvalue weighted by Gasteiger charge is -2.52. The van der Waals surface area contributed by atoms with Crippen LogP contribution < -0.4 is 0 Å². The molecule has 0 aromatic heterocycles. The predicted molar refractivity (Wildman–Crippen MR) is 110 cm³/mol. The number of carbonyl (C=O) groups excluding carboxylic acids is 4. The van der Waals surface area contributed by atoms with E-state index >= 15 is 0 Å². The molecule has 0 atom stereocenters.